The van der Waals surface area contributed by atoms with Gasteiger partial charge in [-0.2, -0.15) is 5.26 Å². The van der Waals surface area contributed by atoms with Gasteiger partial charge >= 0.3 is 0 Å². The van der Waals surface area contributed by atoms with E-state index in [9.17, 15) is 0 Å². The Bertz CT molecular complexity index is 523. The molecule has 4 heteroatoms. The van der Waals surface area contributed by atoms with Gasteiger partial charge < -0.3 is 9.88 Å². The molecule has 1 N–H and O–H groups in total. The van der Waals surface area contributed by atoms with Gasteiger partial charge in [0.05, 0.1) is 30.0 Å². The zero-order valence-corrected chi connectivity index (χ0v) is 9.93. The summed E-state index contributed by atoms with van der Waals surface area (Å²) >= 11 is 0. The third kappa shape index (κ3) is 2.63. The van der Waals surface area contributed by atoms with Gasteiger partial charge in [-0.05, 0) is 25.1 Å². The van der Waals surface area contributed by atoms with Gasteiger partial charge in [-0.15, -0.1) is 0 Å². The highest BCUT2D eigenvalue weighted by Crippen LogP contribution is 2.11. The Morgan fingerprint density at radius 3 is 3.06 bits per heavy atom. The van der Waals surface area contributed by atoms with Gasteiger partial charge in [0.1, 0.15) is 6.04 Å². The molecule has 0 radical (unpaired) electrons. The molecule has 2 rings (SSSR count). The van der Waals surface area contributed by atoms with Crippen LogP contribution in [0.3, 0.4) is 0 Å². The number of aromatic nitrogens is 2. The zero-order valence-electron chi connectivity index (χ0n) is 9.93. The summed E-state index contributed by atoms with van der Waals surface area (Å²) in [5.74, 6) is 0. The van der Waals surface area contributed by atoms with E-state index in [0.717, 1.165) is 24.0 Å². The molecular weight excluding hydrogens is 212 g/mol. The molecule has 1 unspecified atom stereocenters. The minimum Gasteiger partial charge on any atom is -0.328 e. The molecule has 4 nitrogen and oxygen atoms in total. The van der Waals surface area contributed by atoms with Crippen molar-refractivity contribution in [2.75, 3.05) is 6.54 Å². The van der Waals surface area contributed by atoms with Crippen molar-refractivity contribution in [2.24, 2.45) is 0 Å². The van der Waals surface area contributed by atoms with Gasteiger partial charge in [-0.1, -0.05) is 19.1 Å². The van der Waals surface area contributed by atoms with Crippen molar-refractivity contribution < 1.29 is 0 Å². The van der Waals surface area contributed by atoms with Crippen LogP contribution in [0.25, 0.3) is 11.0 Å². The molecule has 1 aromatic carbocycles. The summed E-state index contributed by atoms with van der Waals surface area (Å²) in [6.07, 6.45) is 2.82. The fourth-order valence-corrected chi connectivity index (χ4v) is 1.82. The summed E-state index contributed by atoms with van der Waals surface area (Å²) in [6, 6.07) is 10.1. The monoisotopic (exact) mass is 228 g/mol. The number of hydrogen-bond acceptors (Lipinski definition) is 3. The van der Waals surface area contributed by atoms with Crippen LogP contribution in [-0.4, -0.2) is 22.1 Å². The molecule has 0 saturated carbocycles. The number of nitrogens with zero attached hydrogens (tertiary/aromatic N) is 3. The Morgan fingerprint density at radius 1 is 1.47 bits per heavy atom. The lowest BCUT2D eigenvalue weighted by atomic mass is 10.3. The van der Waals surface area contributed by atoms with Crippen LogP contribution in [0.2, 0.25) is 0 Å². The molecule has 88 valence electrons. The average Bonchev–Trinajstić information content (AvgIpc) is 2.78. The predicted octanol–water partition coefficient (Wildman–Crippen LogP) is 1.93. The zero-order chi connectivity index (χ0) is 12.1. The maximum absolute atomic E-state index is 9.08. The number of nitriles is 1. The van der Waals surface area contributed by atoms with E-state index in [1.807, 2.05) is 28.8 Å². The number of para-hydroxylation sites is 2. The van der Waals surface area contributed by atoms with E-state index in [4.69, 9.17) is 5.26 Å². The van der Waals surface area contributed by atoms with Gasteiger partial charge in [0.15, 0.2) is 0 Å². The topological polar surface area (TPSA) is 53.6 Å². The van der Waals surface area contributed by atoms with E-state index >= 15 is 0 Å². The number of imidazole rings is 1. The minimum absolute atomic E-state index is 0.160. The summed E-state index contributed by atoms with van der Waals surface area (Å²) < 4.78 is 2.02. The van der Waals surface area contributed by atoms with Crippen molar-refractivity contribution >= 4 is 11.0 Å². The summed E-state index contributed by atoms with van der Waals surface area (Å²) in [5.41, 5.74) is 2.05. The molecule has 0 saturated heterocycles. The van der Waals surface area contributed by atoms with Crippen LogP contribution < -0.4 is 5.32 Å². The molecule has 17 heavy (non-hydrogen) atoms. The quantitative estimate of drug-likeness (QED) is 0.850. The van der Waals surface area contributed by atoms with Gasteiger partial charge in [-0.25, -0.2) is 4.98 Å². The van der Waals surface area contributed by atoms with E-state index in [0.29, 0.717) is 6.54 Å². The molecule has 0 spiro atoms. The van der Waals surface area contributed by atoms with E-state index in [1.165, 1.54) is 0 Å². The standard InChI is InChI=1S/C13H16N4/c1-2-7-15-11(8-14)9-17-10-16-12-5-3-4-6-13(12)17/h3-6,10-11,15H,2,7,9H2,1H3. The summed E-state index contributed by atoms with van der Waals surface area (Å²) in [5, 5.41) is 12.3. The first-order valence-corrected chi connectivity index (χ1v) is 5.88. The first-order chi connectivity index (χ1) is 8.35. The average molecular weight is 228 g/mol. The molecule has 0 aliphatic heterocycles. The molecule has 0 amide bonds. The molecule has 0 aliphatic carbocycles. The normalized spacial score (nSPS) is 12.5. The van der Waals surface area contributed by atoms with E-state index in [-0.39, 0.29) is 6.04 Å². The van der Waals surface area contributed by atoms with Crippen molar-refractivity contribution in [3.05, 3.63) is 30.6 Å². The Kier molecular flexibility index (Phi) is 3.73. The second-order valence-electron chi connectivity index (χ2n) is 4.02. The number of benzene rings is 1. The second-order valence-corrected chi connectivity index (χ2v) is 4.02. The maximum atomic E-state index is 9.08. The Labute approximate surface area is 101 Å². The first-order valence-electron chi connectivity index (χ1n) is 5.88. The van der Waals surface area contributed by atoms with Crippen LogP contribution in [0.5, 0.6) is 0 Å². The lowest BCUT2D eigenvalue weighted by Crippen LogP contribution is -2.32. The van der Waals surface area contributed by atoms with E-state index in [1.54, 1.807) is 6.33 Å². The number of fused-ring (bicyclic) bond motifs is 1. The Morgan fingerprint density at radius 2 is 2.29 bits per heavy atom. The SMILES string of the molecule is CCCNC(C#N)Cn1cnc2ccccc21. The second kappa shape index (κ2) is 5.46. The molecular formula is C13H16N4. The highest BCUT2D eigenvalue weighted by atomic mass is 15.1. The number of nitrogens with one attached hydrogen (secondary N) is 1. The van der Waals surface area contributed by atoms with E-state index < -0.39 is 0 Å². The van der Waals surface area contributed by atoms with Crippen molar-refractivity contribution in [3.8, 4) is 6.07 Å². The largest absolute Gasteiger partial charge is 0.328 e. The van der Waals surface area contributed by atoms with Crippen LogP contribution >= 0.6 is 0 Å². The van der Waals surface area contributed by atoms with Crippen LogP contribution in [-0.2, 0) is 6.54 Å². The maximum Gasteiger partial charge on any atom is 0.113 e. The van der Waals surface area contributed by atoms with Crippen LogP contribution in [0.4, 0.5) is 0 Å². The number of rotatable bonds is 5. The predicted molar refractivity (Wildman–Crippen MR) is 67.4 cm³/mol. The first kappa shape index (κ1) is 11.6. The molecule has 0 bridgehead atoms. The summed E-state index contributed by atoms with van der Waals surface area (Å²) in [6.45, 7) is 3.59. The highest BCUT2D eigenvalue weighted by Gasteiger charge is 2.09. The minimum atomic E-state index is -0.160. The van der Waals surface area contributed by atoms with E-state index in [2.05, 4.69) is 23.3 Å². The van der Waals surface area contributed by atoms with Crippen LogP contribution in [0, 0.1) is 11.3 Å². The molecule has 2 aromatic rings. The summed E-state index contributed by atoms with van der Waals surface area (Å²) in [7, 11) is 0. The van der Waals surface area contributed by atoms with Gasteiger partial charge in [0.2, 0.25) is 0 Å². The molecule has 1 atom stereocenters. The van der Waals surface area contributed by atoms with Crippen LogP contribution in [0.1, 0.15) is 13.3 Å². The van der Waals surface area contributed by atoms with Crippen molar-refractivity contribution in [1.29, 1.82) is 5.26 Å². The third-order valence-corrected chi connectivity index (χ3v) is 2.70. The number of hydrogen-bond donors (Lipinski definition) is 1. The lowest BCUT2D eigenvalue weighted by Gasteiger charge is -2.11. The Balaban J connectivity index is 2.15. The Hall–Kier alpha value is -1.86. The fraction of sp³-hybridized carbons (Fsp3) is 0.385. The molecule has 0 aliphatic rings. The molecule has 0 fully saturated rings. The molecule has 1 heterocycles. The highest BCUT2D eigenvalue weighted by molar-refractivity contribution is 5.74. The summed E-state index contributed by atoms with van der Waals surface area (Å²) in [4.78, 5) is 4.31. The molecule has 1 aromatic heterocycles. The smallest absolute Gasteiger partial charge is 0.113 e. The van der Waals surface area contributed by atoms with Crippen molar-refractivity contribution in [3.63, 3.8) is 0 Å². The van der Waals surface area contributed by atoms with Crippen molar-refractivity contribution in [2.45, 2.75) is 25.9 Å². The van der Waals surface area contributed by atoms with Crippen LogP contribution in [0.15, 0.2) is 30.6 Å². The van der Waals surface area contributed by atoms with Gasteiger partial charge in [-0.3, -0.25) is 0 Å². The third-order valence-electron chi connectivity index (χ3n) is 2.70. The van der Waals surface area contributed by atoms with Crippen molar-refractivity contribution in [1.82, 2.24) is 14.9 Å². The van der Waals surface area contributed by atoms with Gasteiger partial charge in [0, 0.05) is 0 Å². The van der Waals surface area contributed by atoms with Gasteiger partial charge in [0.25, 0.3) is 0 Å². The fourth-order valence-electron chi connectivity index (χ4n) is 1.82. The lowest BCUT2D eigenvalue weighted by molar-refractivity contribution is 0.528.